The fourth-order valence-corrected chi connectivity index (χ4v) is 6.27. The van der Waals surface area contributed by atoms with Crippen molar-refractivity contribution in [2.45, 2.75) is 24.4 Å². The van der Waals surface area contributed by atoms with E-state index in [1.807, 2.05) is 65.4 Å². The minimum Gasteiger partial charge on any atom is -0.504 e. The van der Waals surface area contributed by atoms with Gasteiger partial charge in [0.2, 0.25) is 11.8 Å². The number of amides is 2. The summed E-state index contributed by atoms with van der Waals surface area (Å²) in [7, 11) is 0. The Bertz CT molecular complexity index is 2070. The van der Waals surface area contributed by atoms with E-state index in [-0.39, 0.29) is 36.0 Å². The van der Waals surface area contributed by atoms with E-state index in [9.17, 15) is 30.0 Å². The zero-order valence-electron chi connectivity index (χ0n) is 28.1. The van der Waals surface area contributed by atoms with Gasteiger partial charge in [-0.15, -0.1) is 0 Å². The molecule has 1 aromatic heterocycles. The SMILES string of the molecule is O=C(/C=C/c1ccc(O)c(O)c1)N[C@@H](Cc1cn(C(c2ccccc2)(c2ccccc2)c2ccccc2)cn1)C(=O)NCCc1ccc(O)c(O)c1. The molecule has 0 aliphatic rings. The number of carbonyl (C=O) groups excluding carboxylic acids is 2. The van der Waals surface area contributed by atoms with E-state index in [4.69, 9.17) is 4.98 Å². The molecule has 0 fully saturated rings. The van der Waals surface area contributed by atoms with Gasteiger partial charge in [-0.05, 0) is 64.6 Å². The van der Waals surface area contributed by atoms with Gasteiger partial charge < -0.3 is 35.6 Å². The summed E-state index contributed by atoms with van der Waals surface area (Å²) in [6.45, 7) is 0.200. The lowest BCUT2D eigenvalue weighted by atomic mass is 9.77. The average Bonchev–Trinajstić information content (AvgIpc) is 3.63. The number of aromatic nitrogens is 2. The van der Waals surface area contributed by atoms with Crippen LogP contribution in [0.4, 0.5) is 0 Å². The molecule has 6 aromatic rings. The lowest BCUT2D eigenvalue weighted by Crippen LogP contribution is -2.48. The van der Waals surface area contributed by atoms with Gasteiger partial charge in [-0.2, -0.15) is 0 Å². The third-order valence-electron chi connectivity index (χ3n) is 8.82. The first-order valence-electron chi connectivity index (χ1n) is 16.7. The molecule has 0 aliphatic carbocycles. The molecule has 10 nitrogen and oxygen atoms in total. The van der Waals surface area contributed by atoms with Crippen LogP contribution >= 0.6 is 0 Å². The summed E-state index contributed by atoms with van der Waals surface area (Å²) < 4.78 is 2.04. The van der Waals surface area contributed by atoms with E-state index in [1.54, 1.807) is 12.4 Å². The largest absolute Gasteiger partial charge is 0.504 e. The summed E-state index contributed by atoms with van der Waals surface area (Å²) in [6, 6.07) is 37.9. The number of nitrogens with zero attached hydrogens (tertiary/aromatic N) is 2. The molecule has 2 amide bonds. The Morgan fingerprint density at radius 2 is 1.27 bits per heavy atom. The van der Waals surface area contributed by atoms with Gasteiger partial charge in [0.1, 0.15) is 11.6 Å². The van der Waals surface area contributed by atoms with E-state index in [0.717, 1.165) is 16.7 Å². The fourth-order valence-electron chi connectivity index (χ4n) is 6.27. The molecule has 6 rings (SSSR count). The first kappa shape index (κ1) is 35.0. The molecule has 0 aliphatic heterocycles. The van der Waals surface area contributed by atoms with Crippen molar-refractivity contribution in [3.63, 3.8) is 0 Å². The number of benzene rings is 5. The van der Waals surface area contributed by atoms with Gasteiger partial charge in [-0.1, -0.05) is 103 Å². The number of imidazole rings is 1. The number of carbonyl (C=O) groups is 2. The van der Waals surface area contributed by atoms with Crippen molar-refractivity contribution >= 4 is 17.9 Å². The number of nitrogens with one attached hydrogen (secondary N) is 2. The Morgan fingerprint density at radius 1 is 0.712 bits per heavy atom. The second kappa shape index (κ2) is 15.8. The standard InChI is InChI=1S/C42H38N4O6/c47-36-19-16-29(24-38(36)49)18-21-40(51)45-35(41(52)43-23-22-30-17-20-37(48)39(50)25-30)26-34-27-46(28-44-34)42(31-10-4-1-5-11-31,32-12-6-2-7-13-32)33-14-8-3-9-15-33/h1-21,24-25,27-28,35,47-50H,22-23,26H2,(H,43,52)(H,45,51)/b21-18+/t35-/m0/s1. The molecule has 0 saturated heterocycles. The Hall–Kier alpha value is -6.81. The van der Waals surface area contributed by atoms with Gasteiger partial charge >= 0.3 is 0 Å². The average molecular weight is 695 g/mol. The Balaban J connectivity index is 1.31. The molecule has 0 spiro atoms. The van der Waals surface area contributed by atoms with Crippen molar-refractivity contribution in [1.82, 2.24) is 20.2 Å². The van der Waals surface area contributed by atoms with E-state index in [0.29, 0.717) is 23.2 Å². The molecule has 262 valence electrons. The van der Waals surface area contributed by atoms with Crippen LogP contribution in [0, 0.1) is 0 Å². The first-order chi connectivity index (χ1) is 25.2. The molecule has 0 saturated carbocycles. The Kier molecular flexibility index (Phi) is 10.7. The van der Waals surface area contributed by atoms with Crippen LogP contribution in [-0.4, -0.2) is 54.4 Å². The minimum absolute atomic E-state index is 0.0624. The lowest BCUT2D eigenvalue weighted by molar-refractivity contribution is -0.127. The summed E-state index contributed by atoms with van der Waals surface area (Å²) in [6.07, 6.45) is 6.78. The number of phenols is 4. The number of aromatic hydroxyl groups is 4. The zero-order chi connectivity index (χ0) is 36.5. The van der Waals surface area contributed by atoms with E-state index in [1.165, 1.54) is 42.5 Å². The zero-order valence-corrected chi connectivity index (χ0v) is 28.1. The molecular formula is C42H38N4O6. The number of hydrogen-bond acceptors (Lipinski definition) is 7. The molecule has 0 unspecified atom stereocenters. The molecule has 10 heteroatoms. The maximum atomic E-state index is 13.7. The summed E-state index contributed by atoms with van der Waals surface area (Å²) in [4.78, 5) is 31.6. The van der Waals surface area contributed by atoms with Crippen LogP contribution in [0.3, 0.4) is 0 Å². The van der Waals surface area contributed by atoms with Crippen molar-refractivity contribution < 1.29 is 30.0 Å². The predicted molar refractivity (Wildman–Crippen MR) is 198 cm³/mol. The van der Waals surface area contributed by atoms with Crippen LogP contribution in [0.25, 0.3) is 6.08 Å². The molecule has 1 heterocycles. The molecule has 5 aromatic carbocycles. The van der Waals surface area contributed by atoms with Crippen LogP contribution in [-0.2, 0) is 28.0 Å². The summed E-state index contributed by atoms with van der Waals surface area (Å²) in [5.74, 6) is -2.09. The van der Waals surface area contributed by atoms with Gasteiger partial charge in [-0.25, -0.2) is 4.98 Å². The third-order valence-corrected chi connectivity index (χ3v) is 8.82. The highest BCUT2D eigenvalue weighted by Crippen LogP contribution is 2.40. The van der Waals surface area contributed by atoms with Gasteiger partial charge in [0.05, 0.1) is 12.0 Å². The monoisotopic (exact) mass is 694 g/mol. The second-order valence-corrected chi connectivity index (χ2v) is 12.3. The second-order valence-electron chi connectivity index (χ2n) is 12.3. The molecular weight excluding hydrogens is 656 g/mol. The van der Waals surface area contributed by atoms with Crippen molar-refractivity contribution in [3.8, 4) is 23.0 Å². The van der Waals surface area contributed by atoms with Crippen molar-refractivity contribution in [1.29, 1.82) is 0 Å². The first-order valence-corrected chi connectivity index (χ1v) is 16.7. The third kappa shape index (κ3) is 7.81. The van der Waals surface area contributed by atoms with Gasteiger partial charge in [0, 0.05) is 25.2 Å². The van der Waals surface area contributed by atoms with Crippen molar-refractivity contribution in [2.24, 2.45) is 0 Å². The van der Waals surface area contributed by atoms with Crippen molar-refractivity contribution in [3.05, 3.63) is 180 Å². The Labute approximate surface area is 301 Å². The van der Waals surface area contributed by atoms with Gasteiger partial charge in [-0.3, -0.25) is 9.59 Å². The van der Waals surface area contributed by atoms with Crippen molar-refractivity contribution in [2.75, 3.05) is 6.54 Å². The summed E-state index contributed by atoms with van der Waals surface area (Å²) in [5, 5.41) is 44.7. The van der Waals surface area contributed by atoms with Crippen LogP contribution in [0.15, 0.2) is 146 Å². The summed E-state index contributed by atoms with van der Waals surface area (Å²) in [5.41, 5.74) is 3.93. The topological polar surface area (TPSA) is 157 Å². The van der Waals surface area contributed by atoms with Gasteiger partial charge in [0.25, 0.3) is 0 Å². The lowest BCUT2D eigenvalue weighted by Gasteiger charge is -2.37. The van der Waals surface area contributed by atoms with E-state index >= 15 is 0 Å². The highest BCUT2D eigenvalue weighted by Gasteiger charge is 2.38. The Morgan fingerprint density at radius 3 is 1.83 bits per heavy atom. The summed E-state index contributed by atoms with van der Waals surface area (Å²) >= 11 is 0. The highest BCUT2D eigenvalue weighted by molar-refractivity contribution is 5.95. The molecule has 0 bridgehead atoms. The molecule has 52 heavy (non-hydrogen) atoms. The van der Waals surface area contributed by atoms with Crippen LogP contribution in [0.2, 0.25) is 0 Å². The fraction of sp³-hybridized carbons (Fsp3) is 0.119. The predicted octanol–water partition coefficient (Wildman–Crippen LogP) is 5.65. The van der Waals surface area contributed by atoms with Crippen LogP contribution in [0.5, 0.6) is 23.0 Å². The quantitative estimate of drug-likeness (QED) is 0.0519. The molecule has 6 N–H and O–H groups in total. The van der Waals surface area contributed by atoms with Gasteiger partial charge in [0.15, 0.2) is 23.0 Å². The van der Waals surface area contributed by atoms with E-state index in [2.05, 4.69) is 47.0 Å². The minimum atomic E-state index is -1.03. The molecule has 1 atom stereocenters. The number of rotatable bonds is 13. The molecule has 0 radical (unpaired) electrons. The maximum absolute atomic E-state index is 13.7. The van der Waals surface area contributed by atoms with Crippen LogP contribution < -0.4 is 10.6 Å². The number of phenolic OH excluding ortho intramolecular Hbond substituents is 4. The number of hydrogen-bond donors (Lipinski definition) is 6. The van der Waals surface area contributed by atoms with Crippen LogP contribution in [0.1, 0.15) is 33.5 Å². The smallest absolute Gasteiger partial charge is 0.244 e. The highest BCUT2D eigenvalue weighted by atomic mass is 16.3. The maximum Gasteiger partial charge on any atom is 0.244 e. The van der Waals surface area contributed by atoms with E-state index < -0.39 is 23.4 Å². The normalized spacial score (nSPS) is 12.0.